The molecule has 84 valence electrons. The summed E-state index contributed by atoms with van der Waals surface area (Å²) >= 11 is 0. The Balaban J connectivity index is 2.73. The predicted octanol–water partition coefficient (Wildman–Crippen LogP) is 1.73. The van der Waals surface area contributed by atoms with Crippen molar-refractivity contribution in [1.82, 2.24) is 15.4 Å². The van der Waals surface area contributed by atoms with Crippen LogP contribution < -0.4 is 11.3 Å². The van der Waals surface area contributed by atoms with Crippen LogP contribution in [0.4, 0.5) is 0 Å². The third-order valence-electron chi connectivity index (χ3n) is 2.69. The van der Waals surface area contributed by atoms with Crippen LogP contribution in [0.25, 0.3) is 0 Å². The van der Waals surface area contributed by atoms with E-state index >= 15 is 0 Å². The van der Waals surface area contributed by atoms with Gasteiger partial charge >= 0.3 is 0 Å². The van der Waals surface area contributed by atoms with Crippen LogP contribution in [-0.4, -0.2) is 9.97 Å². The molecule has 1 rings (SSSR count). The van der Waals surface area contributed by atoms with Gasteiger partial charge in [-0.1, -0.05) is 20.3 Å². The molecule has 0 aliphatic heterocycles. The highest BCUT2D eigenvalue weighted by atomic mass is 15.2. The predicted molar refractivity (Wildman–Crippen MR) is 60.9 cm³/mol. The Kier molecular flexibility index (Phi) is 4.65. The van der Waals surface area contributed by atoms with Gasteiger partial charge < -0.3 is 0 Å². The average Bonchev–Trinajstić information content (AvgIpc) is 2.25. The molecule has 0 aromatic carbocycles. The number of hydrogen-bond acceptors (Lipinski definition) is 4. The Hall–Kier alpha value is -1.00. The summed E-state index contributed by atoms with van der Waals surface area (Å²) in [5.74, 6) is 6.98. The number of hydrazine groups is 1. The lowest BCUT2D eigenvalue weighted by atomic mass is 9.97. The Bertz CT molecular complexity index is 300. The quantitative estimate of drug-likeness (QED) is 0.571. The van der Waals surface area contributed by atoms with Crippen LogP contribution >= 0.6 is 0 Å². The summed E-state index contributed by atoms with van der Waals surface area (Å²) in [5.41, 5.74) is 3.80. The summed E-state index contributed by atoms with van der Waals surface area (Å²) in [6, 6.07) is 2.04. The summed E-state index contributed by atoms with van der Waals surface area (Å²) < 4.78 is 0. The number of rotatable bonds is 5. The van der Waals surface area contributed by atoms with Gasteiger partial charge in [0.25, 0.3) is 0 Å². The van der Waals surface area contributed by atoms with Crippen LogP contribution in [-0.2, 0) is 0 Å². The number of nitrogens with two attached hydrogens (primary N) is 1. The summed E-state index contributed by atoms with van der Waals surface area (Å²) in [4.78, 5) is 8.45. The average molecular weight is 208 g/mol. The van der Waals surface area contributed by atoms with Gasteiger partial charge in [-0.2, -0.15) is 0 Å². The minimum atomic E-state index is 0.127. The van der Waals surface area contributed by atoms with Crippen LogP contribution in [0.2, 0.25) is 0 Å². The normalized spacial score (nSPS) is 14.9. The van der Waals surface area contributed by atoms with Gasteiger partial charge in [-0.25, -0.2) is 9.97 Å². The first-order chi connectivity index (χ1) is 7.17. The summed E-state index contributed by atoms with van der Waals surface area (Å²) in [7, 11) is 0. The van der Waals surface area contributed by atoms with Crippen molar-refractivity contribution in [2.45, 2.75) is 39.7 Å². The molecule has 1 heterocycles. The Morgan fingerprint density at radius 3 is 2.80 bits per heavy atom. The third kappa shape index (κ3) is 3.57. The minimum Gasteiger partial charge on any atom is -0.271 e. The zero-order valence-corrected chi connectivity index (χ0v) is 9.70. The van der Waals surface area contributed by atoms with Gasteiger partial charge in [0, 0.05) is 6.20 Å². The fraction of sp³-hybridized carbons (Fsp3) is 0.636. The van der Waals surface area contributed by atoms with Crippen molar-refractivity contribution >= 4 is 0 Å². The topological polar surface area (TPSA) is 63.8 Å². The summed E-state index contributed by atoms with van der Waals surface area (Å²) in [6.07, 6.45) is 3.93. The fourth-order valence-electron chi connectivity index (χ4n) is 1.51. The molecule has 0 bridgehead atoms. The van der Waals surface area contributed by atoms with E-state index in [-0.39, 0.29) is 6.04 Å². The molecular weight excluding hydrogens is 188 g/mol. The molecule has 0 amide bonds. The van der Waals surface area contributed by atoms with E-state index in [9.17, 15) is 0 Å². The van der Waals surface area contributed by atoms with Gasteiger partial charge in [-0.05, 0) is 25.3 Å². The molecule has 0 aliphatic carbocycles. The summed E-state index contributed by atoms with van der Waals surface area (Å²) in [6.45, 7) is 6.29. The number of nitrogens with zero attached hydrogens (tertiary/aromatic N) is 2. The number of aryl methyl sites for hydroxylation is 1. The van der Waals surface area contributed by atoms with Crippen molar-refractivity contribution in [3.63, 3.8) is 0 Å². The van der Waals surface area contributed by atoms with E-state index in [1.54, 1.807) is 6.20 Å². The van der Waals surface area contributed by atoms with Gasteiger partial charge in [0.1, 0.15) is 5.82 Å². The second kappa shape index (κ2) is 5.78. The van der Waals surface area contributed by atoms with Crippen molar-refractivity contribution in [1.29, 1.82) is 0 Å². The van der Waals surface area contributed by atoms with Crippen molar-refractivity contribution in [2.24, 2.45) is 11.8 Å². The van der Waals surface area contributed by atoms with E-state index in [4.69, 9.17) is 5.84 Å². The second-order valence-electron chi connectivity index (χ2n) is 4.00. The maximum atomic E-state index is 5.55. The van der Waals surface area contributed by atoms with Gasteiger partial charge in [0.15, 0.2) is 0 Å². The van der Waals surface area contributed by atoms with Crippen LogP contribution in [0.5, 0.6) is 0 Å². The first-order valence-corrected chi connectivity index (χ1v) is 5.43. The van der Waals surface area contributed by atoms with Crippen LogP contribution in [0.3, 0.4) is 0 Å². The molecule has 0 saturated heterocycles. The summed E-state index contributed by atoms with van der Waals surface area (Å²) in [5, 5.41) is 0. The first-order valence-electron chi connectivity index (χ1n) is 5.43. The van der Waals surface area contributed by atoms with E-state index in [1.165, 1.54) is 0 Å². The largest absolute Gasteiger partial charge is 0.271 e. The van der Waals surface area contributed by atoms with Gasteiger partial charge in [0.05, 0.1) is 11.7 Å². The number of nitrogens with one attached hydrogen (secondary N) is 1. The zero-order valence-electron chi connectivity index (χ0n) is 9.70. The lowest BCUT2D eigenvalue weighted by Crippen LogP contribution is -2.30. The second-order valence-corrected chi connectivity index (χ2v) is 4.00. The molecule has 15 heavy (non-hydrogen) atoms. The molecule has 4 nitrogen and oxygen atoms in total. The Morgan fingerprint density at radius 1 is 1.53 bits per heavy atom. The lowest BCUT2D eigenvalue weighted by molar-refractivity contribution is 0.401. The maximum absolute atomic E-state index is 5.55. The SMILES string of the molecule is CCC(C)CC(NN)c1ccnc(C)n1. The zero-order chi connectivity index (χ0) is 11.3. The molecule has 1 aromatic heterocycles. The highest BCUT2D eigenvalue weighted by Crippen LogP contribution is 2.20. The molecule has 1 aromatic rings. The van der Waals surface area contributed by atoms with Gasteiger partial charge in [-0.15, -0.1) is 0 Å². The molecule has 2 unspecified atom stereocenters. The lowest BCUT2D eigenvalue weighted by Gasteiger charge is -2.18. The molecule has 4 heteroatoms. The van der Waals surface area contributed by atoms with Crippen LogP contribution in [0.15, 0.2) is 12.3 Å². The standard InChI is InChI=1S/C11H20N4/c1-4-8(2)7-11(15-12)10-5-6-13-9(3)14-10/h5-6,8,11,15H,4,7,12H2,1-3H3. The van der Waals surface area contributed by atoms with Crippen molar-refractivity contribution in [2.75, 3.05) is 0 Å². The number of hydrogen-bond donors (Lipinski definition) is 2. The Labute approximate surface area is 91.3 Å². The molecule has 0 aliphatic rings. The molecular formula is C11H20N4. The van der Waals surface area contributed by atoms with Gasteiger partial charge in [0.2, 0.25) is 0 Å². The van der Waals surface area contributed by atoms with Crippen molar-refractivity contribution in [3.8, 4) is 0 Å². The molecule has 0 saturated carbocycles. The van der Waals surface area contributed by atoms with Crippen molar-refractivity contribution < 1.29 is 0 Å². The van der Waals surface area contributed by atoms with Crippen LogP contribution in [0.1, 0.15) is 44.2 Å². The monoisotopic (exact) mass is 208 g/mol. The fourth-order valence-corrected chi connectivity index (χ4v) is 1.51. The Morgan fingerprint density at radius 2 is 2.27 bits per heavy atom. The van der Waals surface area contributed by atoms with Crippen molar-refractivity contribution in [3.05, 3.63) is 23.8 Å². The molecule has 0 radical (unpaired) electrons. The van der Waals surface area contributed by atoms with E-state index in [1.807, 2.05) is 13.0 Å². The van der Waals surface area contributed by atoms with E-state index in [0.717, 1.165) is 24.4 Å². The first kappa shape index (κ1) is 12.1. The minimum absolute atomic E-state index is 0.127. The van der Waals surface area contributed by atoms with E-state index in [2.05, 4.69) is 29.2 Å². The van der Waals surface area contributed by atoms with Crippen LogP contribution in [0, 0.1) is 12.8 Å². The molecule has 3 N–H and O–H groups in total. The van der Waals surface area contributed by atoms with E-state index in [0.29, 0.717) is 5.92 Å². The third-order valence-corrected chi connectivity index (χ3v) is 2.69. The highest BCUT2D eigenvalue weighted by molar-refractivity contribution is 5.07. The molecule has 2 atom stereocenters. The number of aromatic nitrogens is 2. The highest BCUT2D eigenvalue weighted by Gasteiger charge is 2.14. The van der Waals surface area contributed by atoms with Gasteiger partial charge in [-0.3, -0.25) is 11.3 Å². The maximum Gasteiger partial charge on any atom is 0.125 e. The smallest absolute Gasteiger partial charge is 0.125 e. The molecule has 0 spiro atoms. The van der Waals surface area contributed by atoms with E-state index < -0.39 is 0 Å². The molecule has 0 fully saturated rings.